The van der Waals surface area contributed by atoms with Crippen LogP contribution in [0.3, 0.4) is 0 Å². The molecule has 0 spiro atoms. The molecule has 0 bridgehead atoms. The van der Waals surface area contributed by atoms with Gasteiger partial charge in [-0.1, -0.05) is 12.1 Å². The number of carbonyl (C=O) groups excluding carboxylic acids is 3. The van der Waals surface area contributed by atoms with Crippen LogP contribution in [0.15, 0.2) is 36.4 Å². The molecule has 3 amide bonds. The molecule has 0 atom stereocenters. The van der Waals surface area contributed by atoms with E-state index in [0.29, 0.717) is 0 Å². The second-order valence-electron chi connectivity index (χ2n) is 4.98. The number of rotatable bonds is 3. The fourth-order valence-corrected chi connectivity index (χ4v) is 2.31. The summed E-state index contributed by atoms with van der Waals surface area (Å²) in [6.07, 6.45) is -0.355. The van der Waals surface area contributed by atoms with Crippen LogP contribution in [0.25, 0.3) is 0 Å². The van der Waals surface area contributed by atoms with Crippen LogP contribution in [0.1, 0.15) is 26.3 Å². The van der Waals surface area contributed by atoms with E-state index in [1.54, 1.807) is 0 Å². The van der Waals surface area contributed by atoms with Crippen LogP contribution in [-0.4, -0.2) is 17.7 Å². The molecule has 1 aliphatic heterocycles. The van der Waals surface area contributed by atoms with Crippen molar-refractivity contribution in [2.45, 2.75) is 6.42 Å². The van der Waals surface area contributed by atoms with Crippen LogP contribution in [0, 0.1) is 11.6 Å². The van der Waals surface area contributed by atoms with E-state index in [0.717, 1.165) is 6.07 Å². The Morgan fingerprint density at radius 2 is 1.78 bits per heavy atom. The fourth-order valence-electron chi connectivity index (χ4n) is 2.31. The maximum atomic E-state index is 13.5. The van der Waals surface area contributed by atoms with E-state index in [2.05, 4.69) is 10.6 Å². The first-order valence-corrected chi connectivity index (χ1v) is 6.68. The van der Waals surface area contributed by atoms with E-state index < -0.39 is 29.4 Å². The third-order valence-corrected chi connectivity index (χ3v) is 3.40. The summed E-state index contributed by atoms with van der Waals surface area (Å²) in [6.45, 7) is 0. The minimum absolute atomic E-state index is 0.0726. The van der Waals surface area contributed by atoms with Crippen molar-refractivity contribution in [1.82, 2.24) is 5.32 Å². The zero-order chi connectivity index (χ0) is 16.6. The van der Waals surface area contributed by atoms with Crippen molar-refractivity contribution in [2.24, 2.45) is 0 Å². The molecule has 0 radical (unpaired) electrons. The lowest BCUT2D eigenvalue weighted by Gasteiger charge is -2.07. The van der Waals surface area contributed by atoms with Crippen molar-refractivity contribution in [3.8, 4) is 0 Å². The number of hydrogen-bond acceptors (Lipinski definition) is 3. The highest BCUT2D eigenvalue weighted by Crippen LogP contribution is 2.20. The lowest BCUT2D eigenvalue weighted by atomic mass is 10.1. The molecule has 0 unspecified atom stereocenters. The van der Waals surface area contributed by atoms with E-state index in [1.807, 2.05) is 0 Å². The second-order valence-corrected chi connectivity index (χ2v) is 4.98. The number of anilines is 1. The van der Waals surface area contributed by atoms with Crippen LogP contribution in [-0.2, 0) is 11.2 Å². The van der Waals surface area contributed by atoms with Gasteiger partial charge in [0.1, 0.15) is 0 Å². The van der Waals surface area contributed by atoms with Gasteiger partial charge in [0.2, 0.25) is 5.91 Å². The van der Waals surface area contributed by atoms with Gasteiger partial charge in [0.25, 0.3) is 11.8 Å². The van der Waals surface area contributed by atoms with Gasteiger partial charge >= 0.3 is 0 Å². The highest BCUT2D eigenvalue weighted by Gasteiger charge is 2.26. The third kappa shape index (κ3) is 2.80. The Bertz CT molecular complexity index is 849. The molecule has 3 rings (SSSR count). The van der Waals surface area contributed by atoms with Crippen molar-refractivity contribution < 1.29 is 23.2 Å². The molecule has 2 aromatic carbocycles. The molecule has 1 heterocycles. The quantitative estimate of drug-likeness (QED) is 0.851. The number of fused-ring (bicyclic) bond motifs is 1. The highest BCUT2D eigenvalue weighted by atomic mass is 19.2. The standard InChI is InChI=1S/C16H10F2N2O3/c17-12-3-1-2-8(14(12)18)6-13(21)19-9-4-5-10-11(7-9)16(23)20-15(10)22/h1-5,7H,6H2,(H,19,21)(H,20,22,23). The molecular weight excluding hydrogens is 306 g/mol. The van der Waals surface area contributed by atoms with Gasteiger partial charge in [-0.05, 0) is 24.3 Å². The van der Waals surface area contributed by atoms with E-state index in [9.17, 15) is 23.2 Å². The van der Waals surface area contributed by atoms with Gasteiger partial charge in [0.15, 0.2) is 11.6 Å². The highest BCUT2D eigenvalue weighted by molar-refractivity contribution is 6.22. The lowest BCUT2D eigenvalue weighted by molar-refractivity contribution is -0.115. The maximum absolute atomic E-state index is 13.5. The molecule has 23 heavy (non-hydrogen) atoms. The van der Waals surface area contributed by atoms with Gasteiger partial charge in [-0.25, -0.2) is 8.78 Å². The summed E-state index contributed by atoms with van der Waals surface area (Å²) in [5.74, 6) is -3.70. The monoisotopic (exact) mass is 316 g/mol. The minimum Gasteiger partial charge on any atom is -0.326 e. The van der Waals surface area contributed by atoms with Crippen molar-refractivity contribution in [3.05, 3.63) is 64.7 Å². The molecule has 0 fully saturated rings. The second kappa shape index (κ2) is 5.60. The van der Waals surface area contributed by atoms with Crippen LogP contribution in [0.4, 0.5) is 14.5 Å². The van der Waals surface area contributed by atoms with Gasteiger partial charge in [-0.2, -0.15) is 0 Å². The molecule has 0 saturated carbocycles. The average molecular weight is 316 g/mol. The fraction of sp³-hybridized carbons (Fsp3) is 0.0625. The Balaban J connectivity index is 1.76. The van der Waals surface area contributed by atoms with E-state index >= 15 is 0 Å². The third-order valence-electron chi connectivity index (χ3n) is 3.40. The van der Waals surface area contributed by atoms with Crippen LogP contribution >= 0.6 is 0 Å². The van der Waals surface area contributed by atoms with Gasteiger partial charge in [-0.15, -0.1) is 0 Å². The maximum Gasteiger partial charge on any atom is 0.259 e. The summed E-state index contributed by atoms with van der Waals surface area (Å²) < 4.78 is 26.6. The SMILES string of the molecule is O=C(Cc1cccc(F)c1F)Nc1ccc2c(c1)C(=O)NC2=O. The molecular formula is C16H10F2N2O3. The zero-order valence-electron chi connectivity index (χ0n) is 11.7. The number of benzene rings is 2. The Labute approximate surface area is 129 Å². The first-order valence-electron chi connectivity index (χ1n) is 6.68. The first kappa shape index (κ1) is 14.8. The normalized spacial score (nSPS) is 12.8. The Morgan fingerprint density at radius 3 is 2.57 bits per heavy atom. The largest absolute Gasteiger partial charge is 0.326 e. The molecule has 116 valence electrons. The first-order chi connectivity index (χ1) is 11.0. The molecule has 1 aliphatic rings. The summed E-state index contributed by atoms with van der Waals surface area (Å²) >= 11 is 0. The van der Waals surface area contributed by atoms with Gasteiger partial charge in [0, 0.05) is 11.3 Å². The molecule has 7 heteroatoms. The Morgan fingerprint density at radius 1 is 1.04 bits per heavy atom. The number of carbonyl (C=O) groups is 3. The number of amides is 3. The van der Waals surface area contributed by atoms with Crippen LogP contribution in [0.2, 0.25) is 0 Å². The van der Waals surface area contributed by atoms with Gasteiger partial charge in [-0.3, -0.25) is 19.7 Å². The summed E-state index contributed by atoms with van der Waals surface area (Å²) in [4.78, 5) is 34.9. The van der Waals surface area contributed by atoms with Crippen molar-refractivity contribution in [1.29, 1.82) is 0 Å². The molecule has 0 aliphatic carbocycles. The molecule has 2 N–H and O–H groups in total. The van der Waals surface area contributed by atoms with Crippen molar-refractivity contribution in [3.63, 3.8) is 0 Å². The number of halogens is 2. The van der Waals surface area contributed by atoms with Crippen molar-refractivity contribution in [2.75, 3.05) is 5.32 Å². The number of hydrogen-bond donors (Lipinski definition) is 2. The summed E-state index contributed by atoms with van der Waals surface area (Å²) in [5.41, 5.74) is 0.598. The summed E-state index contributed by atoms with van der Waals surface area (Å²) in [5, 5.41) is 4.62. The van der Waals surface area contributed by atoms with E-state index in [4.69, 9.17) is 0 Å². The van der Waals surface area contributed by atoms with E-state index in [-0.39, 0.29) is 28.8 Å². The van der Waals surface area contributed by atoms with E-state index in [1.165, 1.54) is 30.3 Å². The Hall–Kier alpha value is -3.09. The predicted octanol–water partition coefficient (Wildman–Crippen LogP) is 2.03. The topological polar surface area (TPSA) is 75.3 Å². The predicted molar refractivity (Wildman–Crippen MR) is 76.9 cm³/mol. The lowest BCUT2D eigenvalue weighted by Crippen LogP contribution is -2.19. The number of nitrogens with one attached hydrogen (secondary N) is 2. The number of imide groups is 1. The molecule has 5 nitrogen and oxygen atoms in total. The zero-order valence-corrected chi connectivity index (χ0v) is 11.7. The summed E-state index contributed by atoms with van der Waals surface area (Å²) in [6, 6.07) is 7.81. The Kier molecular flexibility index (Phi) is 3.61. The van der Waals surface area contributed by atoms with Crippen LogP contribution < -0.4 is 10.6 Å². The molecule has 2 aromatic rings. The smallest absolute Gasteiger partial charge is 0.259 e. The van der Waals surface area contributed by atoms with Gasteiger partial charge < -0.3 is 5.32 Å². The minimum atomic E-state index is -1.07. The van der Waals surface area contributed by atoms with Gasteiger partial charge in [0.05, 0.1) is 17.5 Å². The average Bonchev–Trinajstić information content (AvgIpc) is 2.78. The molecule has 0 saturated heterocycles. The van der Waals surface area contributed by atoms with Crippen molar-refractivity contribution >= 4 is 23.4 Å². The summed E-state index contributed by atoms with van der Waals surface area (Å²) in [7, 11) is 0. The van der Waals surface area contributed by atoms with Crippen LogP contribution in [0.5, 0.6) is 0 Å². The molecule has 0 aromatic heterocycles.